The van der Waals surface area contributed by atoms with Gasteiger partial charge in [-0.15, -0.1) is 0 Å². The van der Waals surface area contributed by atoms with Crippen molar-refractivity contribution in [1.29, 1.82) is 0 Å². The lowest BCUT2D eigenvalue weighted by Crippen LogP contribution is -2.05. The molecule has 0 aliphatic heterocycles. The van der Waals surface area contributed by atoms with E-state index in [2.05, 4.69) is 62.4 Å². The number of aromatic nitrogens is 2. The number of nitrogens with zero attached hydrogens (tertiary/aromatic N) is 2. The van der Waals surface area contributed by atoms with E-state index in [9.17, 15) is 0 Å². The van der Waals surface area contributed by atoms with Crippen LogP contribution in [-0.2, 0) is 6.42 Å². The summed E-state index contributed by atoms with van der Waals surface area (Å²) in [6.07, 6.45) is 0.789. The molecule has 0 spiro atoms. The highest BCUT2D eigenvalue weighted by Gasteiger charge is 2.12. The van der Waals surface area contributed by atoms with Crippen LogP contribution in [0.5, 0.6) is 0 Å². The zero-order chi connectivity index (χ0) is 15.5. The Bertz CT molecular complexity index is 773. The van der Waals surface area contributed by atoms with Crippen molar-refractivity contribution in [2.75, 3.05) is 6.54 Å². The van der Waals surface area contributed by atoms with Gasteiger partial charge in [-0.25, -0.2) is 4.68 Å². The van der Waals surface area contributed by atoms with Gasteiger partial charge in [0.05, 0.1) is 17.1 Å². The maximum atomic E-state index is 5.70. The average Bonchev–Trinajstić information content (AvgIpc) is 2.92. The lowest BCUT2D eigenvalue weighted by atomic mass is 10.1. The molecule has 3 rings (SSSR count). The molecular weight excluding hydrogens is 270 g/mol. The molecule has 0 amide bonds. The van der Waals surface area contributed by atoms with Gasteiger partial charge in [0.25, 0.3) is 0 Å². The number of nitrogens with two attached hydrogens (primary N) is 1. The first-order chi connectivity index (χ1) is 10.7. The first-order valence-corrected chi connectivity index (χ1v) is 7.61. The zero-order valence-electron chi connectivity index (χ0n) is 13.1. The largest absolute Gasteiger partial charge is 0.330 e. The molecule has 0 saturated carbocycles. The molecule has 0 atom stereocenters. The standard InChI is InChI=1S/C19H21N3/c1-14-8-9-18(15(2)12-14)22-19(13-17(21-22)10-11-20)16-6-4-3-5-7-16/h3-9,12-13H,10-11,20H2,1-2H3. The van der Waals surface area contributed by atoms with Crippen molar-refractivity contribution in [3.8, 4) is 16.9 Å². The normalized spacial score (nSPS) is 10.9. The third-order valence-corrected chi connectivity index (χ3v) is 3.81. The summed E-state index contributed by atoms with van der Waals surface area (Å²) in [6.45, 7) is 4.84. The van der Waals surface area contributed by atoms with Crippen molar-refractivity contribution in [2.24, 2.45) is 5.73 Å². The van der Waals surface area contributed by atoms with Crippen LogP contribution in [0.3, 0.4) is 0 Å². The second kappa shape index (κ2) is 6.16. The van der Waals surface area contributed by atoms with Crippen LogP contribution < -0.4 is 5.73 Å². The summed E-state index contributed by atoms with van der Waals surface area (Å²) in [5, 5.41) is 4.77. The quantitative estimate of drug-likeness (QED) is 0.797. The molecule has 0 aliphatic rings. The Kier molecular flexibility index (Phi) is 4.07. The highest BCUT2D eigenvalue weighted by molar-refractivity contribution is 5.63. The zero-order valence-corrected chi connectivity index (χ0v) is 13.1. The molecule has 3 nitrogen and oxygen atoms in total. The lowest BCUT2D eigenvalue weighted by molar-refractivity contribution is 0.821. The first-order valence-electron chi connectivity index (χ1n) is 7.61. The molecule has 0 radical (unpaired) electrons. The van der Waals surface area contributed by atoms with E-state index >= 15 is 0 Å². The Balaban J connectivity index is 2.17. The minimum absolute atomic E-state index is 0.609. The molecule has 2 N–H and O–H groups in total. The van der Waals surface area contributed by atoms with E-state index in [1.54, 1.807) is 0 Å². The Morgan fingerprint density at radius 3 is 2.45 bits per heavy atom. The molecular formula is C19H21N3. The smallest absolute Gasteiger partial charge is 0.0743 e. The van der Waals surface area contributed by atoms with E-state index in [1.807, 2.05) is 10.7 Å². The van der Waals surface area contributed by atoms with Gasteiger partial charge in [0.15, 0.2) is 0 Å². The molecule has 0 bridgehead atoms. The van der Waals surface area contributed by atoms with Crippen LogP contribution >= 0.6 is 0 Å². The second-order valence-corrected chi connectivity index (χ2v) is 5.63. The van der Waals surface area contributed by atoms with Gasteiger partial charge in [-0.3, -0.25) is 0 Å². The van der Waals surface area contributed by atoms with E-state index in [-0.39, 0.29) is 0 Å². The van der Waals surface area contributed by atoms with Crippen molar-refractivity contribution >= 4 is 0 Å². The van der Waals surface area contributed by atoms with Crippen LogP contribution in [0.15, 0.2) is 54.6 Å². The van der Waals surface area contributed by atoms with Crippen LogP contribution in [0, 0.1) is 13.8 Å². The Labute approximate surface area is 131 Å². The summed E-state index contributed by atoms with van der Waals surface area (Å²) < 4.78 is 2.04. The Morgan fingerprint density at radius 1 is 1.00 bits per heavy atom. The molecule has 22 heavy (non-hydrogen) atoms. The second-order valence-electron chi connectivity index (χ2n) is 5.63. The van der Waals surface area contributed by atoms with Crippen LogP contribution in [0.1, 0.15) is 16.8 Å². The van der Waals surface area contributed by atoms with Gasteiger partial charge in [0.1, 0.15) is 0 Å². The fourth-order valence-electron chi connectivity index (χ4n) is 2.74. The maximum Gasteiger partial charge on any atom is 0.0743 e. The first kappa shape index (κ1) is 14.5. The Hall–Kier alpha value is -2.39. The highest BCUT2D eigenvalue weighted by Crippen LogP contribution is 2.26. The number of hydrogen-bond acceptors (Lipinski definition) is 2. The van der Waals surface area contributed by atoms with Crippen LogP contribution in [-0.4, -0.2) is 16.3 Å². The predicted molar refractivity (Wildman–Crippen MR) is 91.2 cm³/mol. The lowest BCUT2D eigenvalue weighted by Gasteiger charge is -2.11. The van der Waals surface area contributed by atoms with Crippen LogP contribution in [0.2, 0.25) is 0 Å². The summed E-state index contributed by atoms with van der Waals surface area (Å²) in [4.78, 5) is 0. The van der Waals surface area contributed by atoms with Gasteiger partial charge < -0.3 is 5.73 Å². The van der Waals surface area contributed by atoms with Crippen LogP contribution in [0.4, 0.5) is 0 Å². The monoisotopic (exact) mass is 291 g/mol. The van der Waals surface area contributed by atoms with Gasteiger partial charge in [0.2, 0.25) is 0 Å². The molecule has 1 heterocycles. The van der Waals surface area contributed by atoms with E-state index in [1.165, 1.54) is 16.7 Å². The fraction of sp³-hybridized carbons (Fsp3) is 0.211. The molecule has 0 saturated heterocycles. The summed E-state index contributed by atoms with van der Waals surface area (Å²) in [5.41, 5.74) is 12.6. The van der Waals surface area contributed by atoms with Gasteiger partial charge >= 0.3 is 0 Å². The Morgan fingerprint density at radius 2 is 1.77 bits per heavy atom. The molecule has 0 unspecified atom stereocenters. The van der Waals surface area contributed by atoms with Gasteiger partial charge in [-0.2, -0.15) is 5.10 Å². The predicted octanol–water partition coefficient (Wildman–Crippen LogP) is 3.66. The molecule has 3 heteroatoms. The van der Waals surface area contributed by atoms with Gasteiger partial charge in [-0.05, 0) is 38.1 Å². The van der Waals surface area contributed by atoms with Crippen molar-refractivity contribution in [1.82, 2.24) is 9.78 Å². The summed E-state index contributed by atoms with van der Waals surface area (Å²) in [5.74, 6) is 0. The van der Waals surface area contributed by atoms with Crippen molar-refractivity contribution < 1.29 is 0 Å². The minimum Gasteiger partial charge on any atom is -0.330 e. The highest BCUT2D eigenvalue weighted by atomic mass is 15.3. The topological polar surface area (TPSA) is 43.8 Å². The average molecular weight is 291 g/mol. The maximum absolute atomic E-state index is 5.70. The van der Waals surface area contributed by atoms with Crippen molar-refractivity contribution in [2.45, 2.75) is 20.3 Å². The SMILES string of the molecule is Cc1ccc(-n2nc(CCN)cc2-c2ccccc2)c(C)c1. The van der Waals surface area contributed by atoms with Crippen molar-refractivity contribution in [3.05, 3.63) is 71.4 Å². The molecule has 112 valence electrons. The molecule has 2 aromatic carbocycles. The molecule has 1 aromatic heterocycles. The number of hydrogen-bond donors (Lipinski definition) is 1. The third-order valence-electron chi connectivity index (χ3n) is 3.81. The van der Waals surface area contributed by atoms with Crippen LogP contribution in [0.25, 0.3) is 16.9 Å². The molecule has 3 aromatic rings. The third kappa shape index (κ3) is 2.81. The summed E-state index contributed by atoms with van der Waals surface area (Å²) in [7, 11) is 0. The van der Waals surface area contributed by atoms with Gasteiger partial charge in [0, 0.05) is 12.0 Å². The van der Waals surface area contributed by atoms with Crippen molar-refractivity contribution in [3.63, 3.8) is 0 Å². The summed E-state index contributed by atoms with van der Waals surface area (Å²) >= 11 is 0. The number of aryl methyl sites for hydroxylation is 2. The molecule has 0 fully saturated rings. The van der Waals surface area contributed by atoms with E-state index < -0.39 is 0 Å². The summed E-state index contributed by atoms with van der Waals surface area (Å²) in [6, 6.07) is 19.0. The van der Waals surface area contributed by atoms with E-state index in [0.717, 1.165) is 23.5 Å². The number of benzene rings is 2. The van der Waals surface area contributed by atoms with E-state index in [4.69, 9.17) is 10.8 Å². The molecule has 0 aliphatic carbocycles. The number of rotatable bonds is 4. The van der Waals surface area contributed by atoms with Gasteiger partial charge in [-0.1, -0.05) is 48.0 Å². The van der Waals surface area contributed by atoms with E-state index in [0.29, 0.717) is 6.54 Å². The fourth-order valence-corrected chi connectivity index (χ4v) is 2.74. The minimum atomic E-state index is 0.609.